The van der Waals surface area contributed by atoms with Crippen molar-refractivity contribution in [1.82, 2.24) is 9.62 Å². The minimum atomic E-state index is -4.75. The SMILES string of the molecule is O=C(NCCCC1CCCCC1)C1CCN(S(=O)(=O)c2ccccc2C(F)(F)F)CC1. The zero-order valence-electron chi connectivity index (χ0n) is 17.7. The Morgan fingerprint density at radius 2 is 1.68 bits per heavy atom. The van der Waals surface area contributed by atoms with Gasteiger partial charge in [0, 0.05) is 25.6 Å². The zero-order chi connectivity index (χ0) is 22.5. The predicted molar refractivity (Wildman–Crippen MR) is 112 cm³/mol. The molecule has 3 rings (SSSR count). The third-order valence-corrected chi connectivity index (χ3v) is 8.40. The number of amides is 1. The number of piperidine rings is 1. The van der Waals surface area contributed by atoms with Crippen LogP contribution in [0.2, 0.25) is 0 Å². The largest absolute Gasteiger partial charge is 0.417 e. The summed E-state index contributed by atoms with van der Waals surface area (Å²) in [7, 11) is -4.28. The number of carbonyl (C=O) groups is 1. The van der Waals surface area contributed by atoms with Gasteiger partial charge in [0.15, 0.2) is 0 Å². The molecule has 0 radical (unpaired) electrons. The number of halogens is 3. The average molecular weight is 461 g/mol. The van der Waals surface area contributed by atoms with Crippen molar-refractivity contribution in [3.63, 3.8) is 0 Å². The van der Waals surface area contributed by atoms with Gasteiger partial charge in [-0.3, -0.25) is 4.79 Å². The Morgan fingerprint density at radius 3 is 2.32 bits per heavy atom. The first-order valence-corrected chi connectivity index (χ1v) is 12.6. The van der Waals surface area contributed by atoms with Crippen LogP contribution >= 0.6 is 0 Å². The van der Waals surface area contributed by atoms with Crippen molar-refractivity contribution in [3.8, 4) is 0 Å². The molecule has 1 saturated heterocycles. The van der Waals surface area contributed by atoms with Crippen LogP contribution in [0.25, 0.3) is 0 Å². The van der Waals surface area contributed by atoms with Crippen LogP contribution < -0.4 is 5.32 Å². The Labute approximate surface area is 182 Å². The number of hydrogen-bond donors (Lipinski definition) is 1. The lowest BCUT2D eigenvalue weighted by molar-refractivity contribution is -0.139. The first-order valence-electron chi connectivity index (χ1n) is 11.1. The summed E-state index contributed by atoms with van der Waals surface area (Å²) in [4.78, 5) is 11.7. The molecule has 9 heteroatoms. The summed E-state index contributed by atoms with van der Waals surface area (Å²) in [5.41, 5.74) is -1.16. The molecule has 2 aliphatic rings. The molecule has 0 aromatic heterocycles. The Balaban J connectivity index is 1.49. The van der Waals surface area contributed by atoms with E-state index in [0.717, 1.165) is 35.2 Å². The normalized spacial score (nSPS) is 20.0. The van der Waals surface area contributed by atoms with Gasteiger partial charge < -0.3 is 5.32 Å². The van der Waals surface area contributed by atoms with E-state index in [2.05, 4.69) is 5.32 Å². The molecule has 174 valence electrons. The highest BCUT2D eigenvalue weighted by Gasteiger charge is 2.40. The minimum Gasteiger partial charge on any atom is -0.356 e. The maximum atomic E-state index is 13.2. The Bertz CT molecular complexity index is 844. The number of nitrogens with zero attached hydrogens (tertiary/aromatic N) is 1. The van der Waals surface area contributed by atoms with Gasteiger partial charge in [-0.25, -0.2) is 8.42 Å². The van der Waals surface area contributed by atoms with Crippen molar-refractivity contribution >= 4 is 15.9 Å². The maximum absolute atomic E-state index is 13.2. The number of sulfonamides is 1. The van der Waals surface area contributed by atoms with Crippen molar-refractivity contribution in [2.24, 2.45) is 11.8 Å². The Hall–Kier alpha value is -1.61. The summed E-state index contributed by atoms with van der Waals surface area (Å²) in [6.45, 7) is 0.691. The predicted octanol–water partition coefficient (Wildman–Crippen LogP) is 4.58. The quantitative estimate of drug-likeness (QED) is 0.606. The lowest BCUT2D eigenvalue weighted by Crippen LogP contribution is -2.43. The molecule has 2 fully saturated rings. The van der Waals surface area contributed by atoms with Crippen molar-refractivity contribution in [3.05, 3.63) is 29.8 Å². The van der Waals surface area contributed by atoms with Crippen LogP contribution in [0.1, 0.15) is 63.4 Å². The highest BCUT2D eigenvalue weighted by atomic mass is 32.2. The second kappa shape index (κ2) is 10.3. The number of hydrogen-bond acceptors (Lipinski definition) is 3. The van der Waals surface area contributed by atoms with E-state index in [1.54, 1.807) is 0 Å². The monoisotopic (exact) mass is 460 g/mol. The maximum Gasteiger partial charge on any atom is 0.417 e. The van der Waals surface area contributed by atoms with Crippen LogP contribution in [-0.4, -0.2) is 38.3 Å². The van der Waals surface area contributed by atoms with Gasteiger partial charge in [0.2, 0.25) is 15.9 Å². The average Bonchev–Trinajstić information content (AvgIpc) is 2.77. The number of carbonyl (C=O) groups excluding carboxylic acids is 1. The Kier molecular flexibility index (Phi) is 8.02. The van der Waals surface area contributed by atoms with Crippen LogP contribution in [-0.2, 0) is 21.0 Å². The molecule has 1 aliphatic carbocycles. The van der Waals surface area contributed by atoms with E-state index in [1.165, 1.54) is 44.2 Å². The molecule has 31 heavy (non-hydrogen) atoms. The van der Waals surface area contributed by atoms with Crippen molar-refractivity contribution in [2.75, 3.05) is 19.6 Å². The van der Waals surface area contributed by atoms with E-state index in [1.807, 2.05) is 0 Å². The molecular formula is C22H31F3N2O3S. The van der Waals surface area contributed by atoms with Gasteiger partial charge in [0.25, 0.3) is 0 Å². The van der Waals surface area contributed by atoms with Crippen molar-refractivity contribution < 1.29 is 26.4 Å². The third-order valence-electron chi connectivity index (χ3n) is 6.45. The van der Waals surface area contributed by atoms with Crippen LogP contribution in [0.4, 0.5) is 13.2 Å². The number of benzene rings is 1. The van der Waals surface area contributed by atoms with Crippen LogP contribution in [0.3, 0.4) is 0 Å². The van der Waals surface area contributed by atoms with Gasteiger partial charge in [0.05, 0.1) is 10.5 Å². The van der Waals surface area contributed by atoms with Gasteiger partial charge in [0.1, 0.15) is 0 Å². The Morgan fingerprint density at radius 1 is 1.03 bits per heavy atom. The van der Waals surface area contributed by atoms with Crippen LogP contribution in [0.15, 0.2) is 29.2 Å². The second-order valence-corrected chi connectivity index (χ2v) is 10.5. The van der Waals surface area contributed by atoms with E-state index < -0.39 is 26.7 Å². The van der Waals surface area contributed by atoms with Crippen LogP contribution in [0, 0.1) is 11.8 Å². The van der Waals surface area contributed by atoms with Gasteiger partial charge in [-0.05, 0) is 43.7 Å². The molecule has 1 amide bonds. The van der Waals surface area contributed by atoms with Crippen molar-refractivity contribution in [1.29, 1.82) is 0 Å². The van der Waals surface area contributed by atoms with E-state index in [-0.39, 0.29) is 24.9 Å². The zero-order valence-corrected chi connectivity index (χ0v) is 18.5. The number of rotatable bonds is 7. The van der Waals surface area contributed by atoms with E-state index in [4.69, 9.17) is 0 Å². The summed E-state index contributed by atoms with van der Waals surface area (Å²) in [5.74, 6) is 0.369. The molecule has 0 spiro atoms. The standard InChI is InChI=1S/C22H31F3N2O3S/c23-22(24,25)19-10-4-5-11-20(19)31(29,30)27-15-12-18(13-16-27)21(28)26-14-6-9-17-7-2-1-3-8-17/h4-5,10-11,17-18H,1-3,6-9,12-16H2,(H,26,28). The summed E-state index contributed by atoms with van der Waals surface area (Å²) in [6.07, 6.45) is 4.40. The highest BCUT2D eigenvalue weighted by Crippen LogP contribution is 2.36. The first kappa shape index (κ1) is 24.0. The summed E-state index contributed by atoms with van der Waals surface area (Å²) >= 11 is 0. The molecule has 1 N–H and O–H groups in total. The molecule has 1 heterocycles. The van der Waals surface area contributed by atoms with E-state index in [9.17, 15) is 26.4 Å². The molecule has 0 bridgehead atoms. The topological polar surface area (TPSA) is 66.5 Å². The van der Waals surface area contributed by atoms with Gasteiger partial charge in [-0.15, -0.1) is 0 Å². The molecule has 1 aromatic carbocycles. The number of nitrogens with one attached hydrogen (secondary N) is 1. The van der Waals surface area contributed by atoms with E-state index >= 15 is 0 Å². The van der Waals surface area contributed by atoms with Gasteiger partial charge in [-0.2, -0.15) is 17.5 Å². The summed E-state index contributed by atoms with van der Waals surface area (Å²) in [5, 5.41) is 2.95. The smallest absolute Gasteiger partial charge is 0.356 e. The van der Waals surface area contributed by atoms with Crippen LogP contribution in [0.5, 0.6) is 0 Å². The minimum absolute atomic E-state index is 0.0364. The fraction of sp³-hybridized carbons (Fsp3) is 0.682. The molecule has 5 nitrogen and oxygen atoms in total. The fourth-order valence-corrected chi connectivity index (χ4v) is 6.33. The summed E-state index contributed by atoms with van der Waals surface area (Å²) in [6, 6.07) is 4.23. The fourth-order valence-electron chi connectivity index (χ4n) is 4.65. The molecule has 0 unspecified atom stereocenters. The van der Waals surface area contributed by atoms with E-state index in [0.29, 0.717) is 19.4 Å². The molecule has 1 aromatic rings. The molecule has 1 aliphatic heterocycles. The molecular weight excluding hydrogens is 429 g/mol. The molecule has 1 saturated carbocycles. The summed E-state index contributed by atoms with van der Waals surface area (Å²) < 4.78 is 66.4. The highest BCUT2D eigenvalue weighted by molar-refractivity contribution is 7.89. The molecule has 0 atom stereocenters. The lowest BCUT2D eigenvalue weighted by Gasteiger charge is -2.31. The van der Waals surface area contributed by atoms with Gasteiger partial charge >= 0.3 is 6.18 Å². The first-order chi connectivity index (χ1) is 14.7. The lowest BCUT2D eigenvalue weighted by atomic mass is 9.86. The third kappa shape index (κ3) is 6.22. The number of alkyl halides is 3. The second-order valence-electron chi connectivity index (χ2n) is 8.61. The van der Waals surface area contributed by atoms with Crippen molar-refractivity contribution in [2.45, 2.75) is 68.9 Å². The van der Waals surface area contributed by atoms with Gasteiger partial charge in [-0.1, -0.05) is 44.2 Å².